The summed E-state index contributed by atoms with van der Waals surface area (Å²) in [4.78, 5) is 15.6. The Hall–Kier alpha value is -3.29. The fourth-order valence-corrected chi connectivity index (χ4v) is 3.17. The molecule has 1 aromatic heterocycles. The van der Waals surface area contributed by atoms with Crippen LogP contribution < -0.4 is 15.6 Å². The molecule has 2 aromatic carbocycles. The number of ether oxygens (including phenoxy) is 1. The van der Waals surface area contributed by atoms with E-state index in [-0.39, 0.29) is 24.0 Å². The SMILES string of the molecule is COc1cc(C)c(Nc2nc(=O)c(F)cn2Cc2cc(F)cc(F)c2)cc1C(C)C. The summed E-state index contributed by atoms with van der Waals surface area (Å²) >= 11 is 0. The maximum absolute atomic E-state index is 13.9. The molecule has 0 fully saturated rings. The van der Waals surface area contributed by atoms with E-state index in [1.165, 1.54) is 4.57 Å². The van der Waals surface area contributed by atoms with Gasteiger partial charge >= 0.3 is 5.56 Å². The quantitative estimate of drug-likeness (QED) is 0.620. The van der Waals surface area contributed by atoms with E-state index in [1.807, 2.05) is 32.9 Å². The minimum atomic E-state index is -1.06. The lowest BCUT2D eigenvalue weighted by atomic mass is 9.99. The molecule has 5 nitrogen and oxygen atoms in total. The highest BCUT2D eigenvalue weighted by atomic mass is 19.1. The maximum Gasteiger partial charge on any atom is 0.310 e. The Labute approximate surface area is 172 Å². The normalized spacial score (nSPS) is 11.1. The van der Waals surface area contributed by atoms with Crippen LogP contribution in [-0.4, -0.2) is 16.7 Å². The number of halogens is 3. The smallest absolute Gasteiger partial charge is 0.310 e. The van der Waals surface area contributed by atoms with Crippen LogP contribution in [0.2, 0.25) is 0 Å². The summed E-state index contributed by atoms with van der Waals surface area (Å²) in [6.45, 7) is 5.79. The van der Waals surface area contributed by atoms with Crippen molar-refractivity contribution in [1.82, 2.24) is 9.55 Å². The highest BCUT2D eigenvalue weighted by molar-refractivity contribution is 5.63. The first kappa shape index (κ1) is 21.4. The highest BCUT2D eigenvalue weighted by Gasteiger charge is 2.15. The molecule has 0 aliphatic rings. The lowest BCUT2D eigenvalue weighted by Crippen LogP contribution is -2.20. The first-order valence-corrected chi connectivity index (χ1v) is 9.35. The first-order valence-electron chi connectivity index (χ1n) is 9.35. The summed E-state index contributed by atoms with van der Waals surface area (Å²) in [7, 11) is 1.59. The molecule has 8 heteroatoms. The van der Waals surface area contributed by atoms with Gasteiger partial charge in [0.2, 0.25) is 11.8 Å². The van der Waals surface area contributed by atoms with Crippen molar-refractivity contribution in [3.8, 4) is 5.75 Å². The molecule has 0 atom stereocenters. The predicted molar refractivity (Wildman–Crippen MR) is 109 cm³/mol. The van der Waals surface area contributed by atoms with Gasteiger partial charge in [-0.3, -0.25) is 4.79 Å². The fourth-order valence-electron chi connectivity index (χ4n) is 3.17. The van der Waals surface area contributed by atoms with E-state index in [0.29, 0.717) is 5.69 Å². The Morgan fingerprint density at radius 3 is 2.37 bits per heavy atom. The lowest BCUT2D eigenvalue weighted by Gasteiger charge is -2.19. The number of aryl methyl sites for hydroxylation is 1. The van der Waals surface area contributed by atoms with Crippen LogP contribution in [0.3, 0.4) is 0 Å². The standard InChI is InChI=1S/C22H22F3N3O2/c1-12(2)17-9-19(13(3)5-20(17)30-4)26-22-27-21(29)18(25)11-28(22)10-14-6-15(23)8-16(24)7-14/h5-9,11-12H,10H2,1-4H3,(H,26,27,29). The van der Waals surface area contributed by atoms with Gasteiger partial charge in [-0.2, -0.15) is 9.37 Å². The van der Waals surface area contributed by atoms with Crippen molar-refractivity contribution in [3.63, 3.8) is 0 Å². The molecular weight excluding hydrogens is 395 g/mol. The Morgan fingerprint density at radius 2 is 1.77 bits per heavy atom. The van der Waals surface area contributed by atoms with E-state index in [0.717, 1.165) is 41.3 Å². The number of anilines is 2. The van der Waals surface area contributed by atoms with Crippen LogP contribution in [0.25, 0.3) is 0 Å². The third-order valence-electron chi connectivity index (χ3n) is 4.67. The lowest BCUT2D eigenvalue weighted by molar-refractivity contribution is 0.407. The molecule has 0 unspecified atom stereocenters. The van der Waals surface area contributed by atoms with Crippen LogP contribution in [0.1, 0.15) is 36.5 Å². The second kappa shape index (κ2) is 8.61. The molecule has 0 amide bonds. The van der Waals surface area contributed by atoms with Gasteiger partial charge in [-0.25, -0.2) is 8.78 Å². The Morgan fingerprint density at radius 1 is 1.10 bits per heavy atom. The molecule has 0 aliphatic carbocycles. The second-order valence-corrected chi connectivity index (χ2v) is 7.31. The minimum Gasteiger partial charge on any atom is -0.496 e. The third kappa shape index (κ3) is 4.64. The number of nitrogens with one attached hydrogen (secondary N) is 1. The average molecular weight is 417 g/mol. The summed E-state index contributed by atoms with van der Waals surface area (Å²) < 4.78 is 47.7. The molecular formula is C22H22F3N3O2. The third-order valence-corrected chi connectivity index (χ3v) is 4.67. The zero-order chi connectivity index (χ0) is 22.0. The number of rotatable bonds is 6. The average Bonchev–Trinajstić information content (AvgIpc) is 2.65. The van der Waals surface area contributed by atoms with Crippen LogP contribution in [0.5, 0.6) is 5.75 Å². The highest BCUT2D eigenvalue weighted by Crippen LogP contribution is 2.33. The molecule has 0 bridgehead atoms. The molecule has 0 radical (unpaired) electrons. The maximum atomic E-state index is 13.9. The molecule has 30 heavy (non-hydrogen) atoms. The van der Waals surface area contributed by atoms with Gasteiger partial charge in [-0.15, -0.1) is 0 Å². The zero-order valence-electron chi connectivity index (χ0n) is 17.1. The number of methoxy groups -OCH3 is 1. The van der Waals surface area contributed by atoms with E-state index < -0.39 is 23.0 Å². The van der Waals surface area contributed by atoms with Gasteiger partial charge in [0.25, 0.3) is 0 Å². The van der Waals surface area contributed by atoms with Crippen molar-refractivity contribution in [2.45, 2.75) is 33.2 Å². The number of nitrogens with zero attached hydrogens (tertiary/aromatic N) is 2. The van der Waals surface area contributed by atoms with Crippen LogP contribution in [-0.2, 0) is 6.54 Å². The van der Waals surface area contributed by atoms with E-state index in [4.69, 9.17) is 4.74 Å². The number of benzene rings is 2. The molecule has 1 heterocycles. The second-order valence-electron chi connectivity index (χ2n) is 7.31. The number of aromatic nitrogens is 2. The van der Waals surface area contributed by atoms with Crippen LogP contribution in [0, 0.1) is 24.4 Å². The van der Waals surface area contributed by atoms with Crippen LogP contribution >= 0.6 is 0 Å². The van der Waals surface area contributed by atoms with Gasteiger partial charge in [-0.05, 0) is 53.8 Å². The van der Waals surface area contributed by atoms with Crippen molar-refractivity contribution in [3.05, 3.63) is 81.0 Å². The fraction of sp³-hybridized carbons (Fsp3) is 0.273. The van der Waals surface area contributed by atoms with Crippen LogP contribution in [0.15, 0.2) is 41.3 Å². The zero-order valence-corrected chi connectivity index (χ0v) is 17.1. The molecule has 0 spiro atoms. The van der Waals surface area contributed by atoms with Crippen molar-refractivity contribution < 1.29 is 17.9 Å². The van der Waals surface area contributed by atoms with Gasteiger partial charge in [0.1, 0.15) is 17.4 Å². The van der Waals surface area contributed by atoms with Gasteiger partial charge in [0, 0.05) is 18.0 Å². The van der Waals surface area contributed by atoms with Crippen molar-refractivity contribution in [2.75, 3.05) is 12.4 Å². The molecule has 158 valence electrons. The first-order chi connectivity index (χ1) is 14.2. The molecule has 0 aliphatic heterocycles. The van der Waals surface area contributed by atoms with Gasteiger partial charge < -0.3 is 14.6 Å². The largest absolute Gasteiger partial charge is 0.496 e. The van der Waals surface area contributed by atoms with Crippen molar-refractivity contribution >= 4 is 11.6 Å². The predicted octanol–water partition coefficient (Wildman–Crippen LogP) is 4.89. The Bertz CT molecular complexity index is 1120. The molecule has 3 rings (SSSR count). The van der Waals surface area contributed by atoms with E-state index >= 15 is 0 Å². The van der Waals surface area contributed by atoms with Crippen molar-refractivity contribution in [2.24, 2.45) is 0 Å². The monoisotopic (exact) mass is 417 g/mol. The minimum absolute atomic E-state index is 0.0500. The van der Waals surface area contributed by atoms with Gasteiger partial charge in [0.05, 0.1) is 13.7 Å². The topological polar surface area (TPSA) is 56.1 Å². The molecule has 1 N–H and O–H groups in total. The summed E-state index contributed by atoms with van der Waals surface area (Å²) in [5.74, 6) is -1.61. The summed E-state index contributed by atoms with van der Waals surface area (Å²) in [6, 6.07) is 6.75. The molecule has 0 saturated carbocycles. The summed E-state index contributed by atoms with van der Waals surface area (Å²) in [5.41, 5.74) is 1.63. The van der Waals surface area contributed by atoms with Crippen molar-refractivity contribution in [1.29, 1.82) is 0 Å². The Kier molecular flexibility index (Phi) is 6.14. The summed E-state index contributed by atoms with van der Waals surface area (Å²) in [6.07, 6.45) is 0.961. The van der Waals surface area contributed by atoms with E-state index in [1.54, 1.807) is 7.11 Å². The van der Waals surface area contributed by atoms with Gasteiger partial charge in [0.15, 0.2) is 0 Å². The summed E-state index contributed by atoms with van der Waals surface area (Å²) in [5, 5.41) is 3.05. The molecule has 3 aromatic rings. The van der Waals surface area contributed by atoms with E-state index in [2.05, 4.69) is 10.3 Å². The molecule has 0 saturated heterocycles. The number of hydrogen-bond acceptors (Lipinski definition) is 4. The van der Waals surface area contributed by atoms with Gasteiger partial charge in [-0.1, -0.05) is 13.8 Å². The van der Waals surface area contributed by atoms with Crippen LogP contribution in [0.4, 0.5) is 24.8 Å². The Balaban J connectivity index is 2.05. The van der Waals surface area contributed by atoms with E-state index in [9.17, 15) is 18.0 Å². The number of hydrogen-bond donors (Lipinski definition) is 1.